The maximum atomic E-state index is 11.9. The van der Waals surface area contributed by atoms with Crippen LogP contribution in [0.1, 0.15) is 11.3 Å². The normalized spacial score (nSPS) is 11.2. The molecule has 8 heteroatoms. The van der Waals surface area contributed by atoms with Crippen molar-refractivity contribution < 1.29 is 13.9 Å². The molecule has 2 aromatic heterocycles. The minimum atomic E-state index is -0.354. The molecule has 0 fully saturated rings. The van der Waals surface area contributed by atoms with Crippen molar-refractivity contribution in [3.8, 4) is 5.75 Å². The first-order valence-electron chi connectivity index (χ1n) is 8.90. The molecule has 4 aromatic rings. The Kier molecular flexibility index (Phi) is 5.62. The number of rotatable bonds is 7. The SMILES string of the molecule is Cc1ccccc1OCC(=O)NN=Cc1ccc(Sc2nc3ccccc3[nH]2)o1. The average molecular weight is 406 g/mol. The summed E-state index contributed by atoms with van der Waals surface area (Å²) in [5.74, 6) is 0.835. The Hall–Kier alpha value is -3.52. The minimum absolute atomic E-state index is 0.118. The second kappa shape index (κ2) is 8.66. The summed E-state index contributed by atoms with van der Waals surface area (Å²) in [5, 5.41) is 5.31. The quantitative estimate of drug-likeness (QED) is 0.355. The number of fused-ring (bicyclic) bond motifs is 1. The highest BCUT2D eigenvalue weighted by atomic mass is 32.2. The van der Waals surface area contributed by atoms with Crippen LogP contribution in [0.2, 0.25) is 0 Å². The van der Waals surface area contributed by atoms with Crippen molar-refractivity contribution in [3.63, 3.8) is 0 Å². The Morgan fingerprint density at radius 2 is 2.03 bits per heavy atom. The Morgan fingerprint density at radius 1 is 1.21 bits per heavy atom. The third-order valence-corrected chi connectivity index (χ3v) is 4.81. The van der Waals surface area contributed by atoms with Gasteiger partial charge in [0.15, 0.2) is 16.9 Å². The number of nitrogens with one attached hydrogen (secondary N) is 2. The van der Waals surface area contributed by atoms with Crippen LogP contribution < -0.4 is 10.2 Å². The molecule has 0 atom stereocenters. The van der Waals surface area contributed by atoms with Crippen LogP contribution in [0, 0.1) is 6.92 Å². The van der Waals surface area contributed by atoms with E-state index in [0.29, 0.717) is 16.6 Å². The first-order chi connectivity index (χ1) is 14.2. The van der Waals surface area contributed by atoms with Crippen LogP contribution in [0.15, 0.2) is 80.4 Å². The number of H-pyrrole nitrogens is 1. The summed E-state index contributed by atoms with van der Waals surface area (Å²) in [7, 11) is 0. The molecule has 7 nitrogen and oxygen atoms in total. The van der Waals surface area contributed by atoms with Crippen molar-refractivity contribution in [1.29, 1.82) is 0 Å². The lowest BCUT2D eigenvalue weighted by molar-refractivity contribution is -0.123. The number of hydrogen-bond acceptors (Lipinski definition) is 6. The van der Waals surface area contributed by atoms with Gasteiger partial charge >= 0.3 is 0 Å². The van der Waals surface area contributed by atoms with E-state index in [4.69, 9.17) is 9.15 Å². The number of carbonyl (C=O) groups excluding carboxylic acids is 1. The summed E-state index contributed by atoms with van der Waals surface area (Å²) < 4.78 is 11.2. The highest BCUT2D eigenvalue weighted by Crippen LogP contribution is 2.28. The zero-order chi connectivity index (χ0) is 20.1. The molecule has 0 aliphatic rings. The molecule has 0 aliphatic carbocycles. The molecule has 2 heterocycles. The number of benzene rings is 2. The standard InChI is InChI=1S/C21H18N4O3S/c1-14-6-2-5-9-18(14)27-13-19(26)25-22-12-15-10-11-20(28-15)29-21-23-16-7-3-4-8-17(16)24-21/h2-12H,13H2,1H3,(H,23,24)(H,25,26). The van der Waals surface area contributed by atoms with Gasteiger partial charge in [-0.3, -0.25) is 4.79 Å². The van der Waals surface area contributed by atoms with Crippen LogP contribution in [0.3, 0.4) is 0 Å². The highest BCUT2D eigenvalue weighted by Gasteiger charge is 2.08. The van der Waals surface area contributed by atoms with Crippen LogP contribution in [0.25, 0.3) is 11.0 Å². The van der Waals surface area contributed by atoms with Crippen molar-refractivity contribution >= 4 is 34.9 Å². The Balaban J connectivity index is 1.28. The van der Waals surface area contributed by atoms with Gasteiger partial charge in [0.05, 0.1) is 17.2 Å². The van der Waals surface area contributed by atoms with E-state index in [1.54, 1.807) is 6.07 Å². The van der Waals surface area contributed by atoms with E-state index in [0.717, 1.165) is 21.8 Å². The summed E-state index contributed by atoms with van der Waals surface area (Å²) in [6.07, 6.45) is 1.44. The number of aromatic amines is 1. The van der Waals surface area contributed by atoms with Gasteiger partial charge in [-0.2, -0.15) is 5.10 Å². The molecule has 0 spiro atoms. The van der Waals surface area contributed by atoms with E-state index in [9.17, 15) is 4.79 Å². The van der Waals surface area contributed by atoms with Crippen molar-refractivity contribution in [2.45, 2.75) is 17.2 Å². The molecule has 0 saturated carbocycles. The lowest BCUT2D eigenvalue weighted by Gasteiger charge is -2.07. The lowest BCUT2D eigenvalue weighted by Crippen LogP contribution is -2.24. The zero-order valence-corrected chi connectivity index (χ0v) is 16.4. The first kappa shape index (κ1) is 18.8. The largest absolute Gasteiger partial charge is 0.483 e. The monoisotopic (exact) mass is 406 g/mol. The van der Waals surface area contributed by atoms with E-state index in [1.807, 2.05) is 61.5 Å². The van der Waals surface area contributed by atoms with Gasteiger partial charge in [-0.15, -0.1) is 0 Å². The first-order valence-corrected chi connectivity index (χ1v) is 9.72. The summed E-state index contributed by atoms with van der Waals surface area (Å²) >= 11 is 1.38. The van der Waals surface area contributed by atoms with Crippen molar-refractivity contribution in [2.75, 3.05) is 6.61 Å². The number of carbonyl (C=O) groups is 1. The number of hydrazone groups is 1. The molecular weight excluding hydrogens is 388 g/mol. The third-order valence-electron chi connectivity index (χ3n) is 4.00. The van der Waals surface area contributed by atoms with Gasteiger partial charge < -0.3 is 14.1 Å². The molecule has 1 amide bonds. The Labute approximate surface area is 171 Å². The average Bonchev–Trinajstić information content (AvgIpc) is 3.33. The predicted molar refractivity (Wildman–Crippen MR) is 111 cm³/mol. The fourth-order valence-corrected chi connectivity index (χ4v) is 3.36. The topological polar surface area (TPSA) is 92.5 Å². The van der Waals surface area contributed by atoms with Crippen LogP contribution in [0.4, 0.5) is 0 Å². The molecule has 4 rings (SSSR count). The van der Waals surface area contributed by atoms with Gasteiger partial charge in [0.25, 0.3) is 5.91 Å². The van der Waals surface area contributed by atoms with Gasteiger partial charge in [-0.1, -0.05) is 30.3 Å². The van der Waals surface area contributed by atoms with E-state index in [1.165, 1.54) is 18.0 Å². The van der Waals surface area contributed by atoms with Crippen LogP contribution in [-0.2, 0) is 4.79 Å². The molecule has 29 heavy (non-hydrogen) atoms. The molecule has 146 valence electrons. The maximum absolute atomic E-state index is 11.9. The number of hydrogen-bond donors (Lipinski definition) is 2. The minimum Gasteiger partial charge on any atom is -0.483 e. The van der Waals surface area contributed by atoms with Gasteiger partial charge in [0.1, 0.15) is 11.5 Å². The molecule has 0 unspecified atom stereocenters. The number of aryl methyl sites for hydroxylation is 1. The smallest absolute Gasteiger partial charge is 0.277 e. The second-order valence-corrected chi connectivity index (χ2v) is 7.16. The van der Waals surface area contributed by atoms with Crippen LogP contribution >= 0.6 is 11.8 Å². The van der Waals surface area contributed by atoms with E-state index < -0.39 is 0 Å². The number of aromatic nitrogens is 2. The Bertz CT molecular complexity index is 1130. The van der Waals surface area contributed by atoms with Gasteiger partial charge in [-0.25, -0.2) is 10.4 Å². The molecule has 2 N–H and O–H groups in total. The van der Waals surface area contributed by atoms with Crippen molar-refractivity contribution in [1.82, 2.24) is 15.4 Å². The lowest BCUT2D eigenvalue weighted by atomic mass is 10.2. The van der Waals surface area contributed by atoms with Crippen LogP contribution in [-0.4, -0.2) is 28.7 Å². The Morgan fingerprint density at radius 3 is 2.90 bits per heavy atom. The number of ether oxygens (including phenoxy) is 1. The van der Waals surface area contributed by atoms with E-state index in [2.05, 4.69) is 20.5 Å². The second-order valence-electron chi connectivity index (χ2n) is 6.17. The van der Waals surface area contributed by atoms with E-state index >= 15 is 0 Å². The number of imidazole rings is 1. The summed E-state index contributed by atoms with van der Waals surface area (Å²) in [5.41, 5.74) is 5.26. The summed E-state index contributed by atoms with van der Waals surface area (Å²) in [6.45, 7) is 1.80. The van der Waals surface area contributed by atoms with Gasteiger partial charge in [0.2, 0.25) is 0 Å². The summed E-state index contributed by atoms with van der Waals surface area (Å²) in [6, 6.07) is 18.9. The third kappa shape index (κ3) is 4.85. The van der Waals surface area contributed by atoms with Crippen molar-refractivity contribution in [2.24, 2.45) is 5.10 Å². The number of para-hydroxylation sites is 3. The number of amides is 1. The fourth-order valence-electron chi connectivity index (χ4n) is 2.59. The van der Waals surface area contributed by atoms with E-state index in [-0.39, 0.29) is 12.5 Å². The summed E-state index contributed by atoms with van der Waals surface area (Å²) in [4.78, 5) is 19.6. The molecule has 0 radical (unpaired) electrons. The van der Waals surface area contributed by atoms with Gasteiger partial charge in [-0.05, 0) is 54.6 Å². The van der Waals surface area contributed by atoms with Crippen molar-refractivity contribution in [3.05, 3.63) is 72.0 Å². The zero-order valence-electron chi connectivity index (χ0n) is 15.6. The fraction of sp³-hybridized carbons (Fsp3) is 0.0952. The highest BCUT2D eigenvalue weighted by molar-refractivity contribution is 7.99. The molecular formula is C21H18N4O3S. The predicted octanol–water partition coefficient (Wildman–Crippen LogP) is 4.14. The molecule has 2 aromatic carbocycles. The number of nitrogens with zero attached hydrogens (tertiary/aromatic N) is 2. The van der Waals surface area contributed by atoms with Crippen LogP contribution in [0.5, 0.6) is 5.75 Å². The van der Waals surface area contributed by atoms with Gasteiger partial charge in [0, 0.05) is 0 Å². The molecule has 0 aliphatic heterocycles. The molecule has 0 saturated heterocycles. The maximum Gasteiger partial charge on any atom is 0.277 e. The number of furan rings is 1. The molecule has 0 bridgehead atoms.